The topological polar surface area (TPSA) is 59.0 Å². The summed E-state index contributed by atoms with van der Waals surface area (Å²) >= 11 is 6.02. The number of halogens is 1. The Balaban J connectivity index is 1.84. The zero-order chi connectivity index (χ0) is 19.6. The van der Waals surface area contributed by atoms with Crippen LogP contribution in [0.3, 0.4) is 0 Å². The van der Waals surface area contributed by atoms with Gasteiger partial charge in [-0.15, -0.1) is 0 Å². The normalized spacial score (nSPS) is 26.2. The molecule has 2 aliphatic heterocycles. The Morgan fingerprint density at radius 1 is 1.33 bits per heavy atom. The van der Waals surface area contributed by atoms with Gasteiger partial charge in [-0.3, -0.25) is 4.79 Å². The second-order valence-electron chi connectivity index (χ2n) is 7.64. The first-order chi connectivity index (χ1) is 12.8. The van der Waals surface area contributed by atoms with Crippen LogP contribution in [0.2, 0.25) is 5.02 Å². The third-order valence-electron chi connectivity index (χ3n) is 5.28. The van der Waals surface area contributed by atoms with Crippen molar-refractivity contribution in [2.75, 3.05) is 13.2 Å². The lowest BCUT2D eigenvalue weighted by Gasteiger charge is -2.40. The Hall–Kier alpha value is -1.40. The maximum Gasteiger partial charge on any atom is 0.250 e. The van der Waals surface area contributed by atoms with Gasteiger partial charge in [-0.2, -0.15) is 0 Å². The van der Waals surface area contributed by atoms with E-state index in [0.29, 0.717) is 30.9 Å². The molecule has 0 radical (unpaired) electrons. The number of aliphatic hydroxyl groups excluding tert-OH is 1. The molecule has 1 N–H and O–H groups in total. The van der Waals surface area contributed by atoms with Crippen LogP contribution >= 0.6 is 11.6 Å². The van der Waals surface area contributed by atoms with Crippen LogP contribution in [-0.4, -0.2) is 47.1 Å². The van der Waals surface area contributed by atoms with E-state index in [4.69, 9.17) is 21.1 Å². The van der Waals surface area contributed by atoms with Crippen molar-refractivity contribution in [3.05, 3.63) is 46.5 Å². The number of hydrogen-bond acceptors (Lipinski definition) is 4. The summed E-state index contributed by atoms with van der Waals surface area (Å²) in [5.74, 6) is -0.638. The molecule has 0 aliphatic carbocycles. The fourth-order valence-corrected chi connectivity index (χ4v) is 3.98. The molecule has 0 bridgehead atoms. The number of amides is 1. The number of ether oxygens (including phenoxy) is 2. The first-order valence-electron chi connectivity index (χ1n) is 9.54. The van der Waals surface area contributed by atoms with Gasteiger partial charge in [-0.05, 0) is 44.4 Å². The number of rotatable bonds is 6. The van der Waals surface area contributed by atoms with E-state index >= 15 is 0 Å². The van der Waals surface area contributed by atoms with Crippen LogP contribution in [0, 0.1) is 0 Å². The van der Waals surface area contributed by atoms with Gasteiger partial charge < -0.3 is 19.5 Å². The average Bonchev–Trinajstić information content (AvgIpc) is 2.98. The molecule has 27 heavy (non-hydrogen) atoms. The summed E-state index contributed by atoms with van der Waals surface area (Å²) in [6.45, 7) is 6.17. The van der Waals surface area contributed by atoms with Crippen LogP contribution in [-0.2, 0) is 14.3 Å². The van der Waals surface area contributed by atoms with E-state index in [1.54, 1.807) is 0 Å². The summed E-state index contributed by atoms with van der Waals surface area (Å²) < 4.78 is 11.5. The number of carbonyl (C=O) groups is 1. The van der Waals surface area contributed by atoms with Crippen molar-refractivity contribution in [2.24, 2.45) is 0 Å². The Morgan fingerprint density at radius 3 is 2.59 bits per heavy atom. The monoisotopic (exact) mass is 393 g/mol. The second kappa shape index (κ2) is 8.31. The van der Waals surface area contributed by atoms with E-state index in [1.807, 2.05) is 56.0 Å². The molecule has 148 valence electrons. The molecule has 3 atom stereocenters. The number of nitrogens with zero attached hydrogens (tertiary/aromatic N) is 1. The lowest BCUT2D eigenvalue weighted by molar-refractivity contribution is -0.141. The van der Waals surface area contributed by atoms with Crippen LogP contribution in [0.1, 0.15) is 51.6 Å². The van der Waals surface area contributed by atoms with Gasteiger partial charge in [0.15, 0.2) is 5.79 Å². The Kier molecular flexibility index (Phi) is 6.26. The molecule has 1 saturated heterocycles. The molecule has 2 aliphatic rings. The highest BCUT2D eigenvalue weighted by Crippen LogP contribution is 2.36. The minimum Gasteiger partial charge on any atom is -0.394 e. The molecule has 1 fully saturated rings. The molecule has 1 aromatic carbocycles. The van der Waals surface area contributed by atoms with Crippen molar-refractivity contribution in [2.45, 2.75) is 64.0 Å². The van der Waals surface area contributed by atoms with Gasteiger partial charge in [0.05, 0.1) is 31.4 Å². The second-order valence-corrected chi connectivity index (χ2v) is 8.08. The maximum absolute atomic E-state index is 13.3. The highest BCUT2D eigenvalue weighted by Gasteiger charge is 2.38. The van der Waals surface area contributed by atoms with Crippen LogP contribution < -0.4 is 0 Å². The highest BCUT2D eigenvalue weighted by atomic mass is 35.5. The third-order valence-corrected chi connectivity index (χ3v) is 5.53. The van der Waals surface area contributed by atoms with E-state index in [-0.39, 0.29) is 30.7 Å². The summed E-state index contributed by atoms with van der Waals surface area (Å²) in [5, 5.41) is 10.5. The number of aliphatic hydroxyl groups is 1. The largest absolute Gasteiger partial charge is 0.394 e. The number of hydrogen-bond donors (Lipinski definition) is 1. The smallest absolute Gasteiger partial charge is 0.250 e. The summed E-state index contributed by atoms with van der Waals surface area (Å²) in [5.41, 5.74) is 1.76. The minimum absolute atomic E-state index is 0.0320. The van der Waals surface area contributed by atoms with Crippen LogP contribution in [0.25, 0.3) is 0 Å². The molecule has 2 heterocycles. The minimum atomic E-state index is -0.606. The Labute approximate surface area is 165 Å². The third kappa shape index (κ3) is 4.54. The lowest BCUT2D eigenvalue weighted by atomic mass is 9.91. The van der Waals surface area contributed by atoms with Crippen LogP contribution in [0.15, 0.2) is 35.9 Å². The summed E-state index contributed by atoms with van der Waals surface area (Å²) in [6.07, 6.45) is 3.80. The van der Waals surface area contributed by atoms with E-state index in [9.17, 15) is 9.90 Å². The quantitative estimate of drug-likeness (QED) is 0.797. The first-order valence-corrected chi connectivity index (χ1v) is 9.92. The SMILES string of the molecule is CCC(CO)N1C(=O)C(CC2COC(C)(C)O2)=CCC1c1ccc(Cl)cc1. The van der Waals surface area contributed by atoms with Crippen molar-refractivity contribution in [1.82, 2.24) is 4.90 Å². The summed E-state index contributed by atoms with van der Waals surface area (Å²) in [4.78, 5) is 15.1. The molecule has 0 spiro atoms. The van der Waals surface area contributed by atoms with E-state index in [0.717, 1.165) is 11.1 Å². The van der Waals surface area contributed by atoms with E-state index in [1.165, 1.54) is 0 Å². The van der Waals surface area contributed by atoms with Crippen molar-refractivity contribution in [3.63, 3.8) is 0 Å². The Morgan fingerprint density at radius 2 is 2.04 bits per heavy atom. The maximum atomic E-state index is 13.3. The zero-order valence-corrected chi connectivity index (χ0v) is 16.9. The molecule has 3 unspecified atom stereocenters. The van der Waals surface area contributed by atoms with E-state index in [2.05, 4.69) is 0 Å². The summed E-state index contributed by atoms with van der Waals surface area (Å²) in [7, 11) is 0. The fourth-order valence-electron chi connectivity index (χ4n) is 3.86. The van der Waals surface area contributed by atoms with Crippen molar-refractivity contribution in [1.29, 1.82) is 0 Å². The van der Waals surface area contributed by atoms with Gasteiger partial charge in [0.25, 0.3) is 0 Å². The highest BCUT2D eigenvalue weighted by molar-refractivity contribution is 6.30. The molecule has 6 heteroatoms. The van der Waals surface area contributed by atoms with Crippen molar-refractivity contribution in [3.8, 4) is 0 Å². The van der Waals surface area contributed by atoms with Gasteiger partial charge in [-0.1, -0.05) is 36.7 Å². The summed E-state index contributed by atoms with van der Waals surface area (Å²) in [6, 6.07) is 7.25. The molecule has 5 nitrogen and oxygen atoms in total. The first kappa shape index (κ1) is 20.3. The van der Waals surface area contributed by atoms with E-state index < -0.39 is 5.79 Å². The Bertz CT molecular complexity index is 697. The van der Waals surface area contributed by atoms with Crippen LogP contribution in [0.5, 0.6) is 0 Å². The van der Waals surface area contributed by atoms with Gasteiger partial charge in [-0.25, -0.2) is 0 Å². The standard InChI is InChI=1S/C21H28ClNO4/c1-4-17(12-24)23-19(14-5-8-16(22)9-6-14)10-7-15(20(23)25)11-18-13-26-21(2,3)27-18/h5-9,17-19,24H,4,10-13H2,1-3H3. The molecular weight excluding hydrogens is 366 g/mol. The van der Waals surface area contributed by atoms with Crippen LogP contribution in [0.4, 0.5) is 0 Å². The molecule has 0 saturated carbocycles. The van der Waals surface area contributed by atoms with Gasteiger partial charge in [0.2, 0.25) is 5.91 Å². The molecule has 0 aromatic heterocycles. The molecular formula is C21H28ClNO4. The average molecular weight is 394 g/mol. The predicted octanol–water partition coefficient (Wildman–Crippen LogP) is 3.85. The fraction of sp³-hybridized carbons (Fsp3) is 0.571. The molecule has 1 amide bonds. The van der Waals surface area contributed by atoms with Gasteiger partial charge >= 0.3 is 0 Å². The van der Waals surface area contributed by atoms with Gasteiger partial charge in [0.1, 0.15) is 0 Å². The van der Waals surface area contributed by atoms with Crippen molar-refractivity contribution < 1.29 is 19.4 Å². The van der Waals surface area contributed by atoms with Gasteiger partial charge in [0, 0.05) is 17.0 Å². The number of carbonyl (C=O) groups excluding carboxylic acids is 1. The number of benzene rings is 1. The molecule has 3 rings (SSSR count). The molecule has 1 aromatic rings. The lowest BCUT2D eigenvalue weighted by Crippen LogP contribution is -2.47. The van der Waals surface area contributed by atoms with Crippen molar-refractivity contribution >= 4 is 17.5 Å². The zero-order valence-electron chi connectivity index (χ0n) is 16.2. The predicted molar refractivity (Wildman–Crippen MR) is 104 cm³/mol.